The van der Waals surface area contributed by atoms with Crippen molar-refractivity contribution in [2.75, 3.05) is 27.3 Å². The fourth-order valence-electron chi connectivity index (χ4n) is 2.63. The van der Waals surface area contributed by atoms with Crippen molar-refractivity contribution in [2.24, 2.45) is 5.16 Å². The molecule has 21 heavy (non-hydrogen) atoms. The van der Waals surface area contributed by atoms with Gasteiger partial charge in [-0.1, -0.05) is 35.8 Å². The minimum atomic E-state index is -0.483. The van der Waals surface area contributed by atoms with Crippen molar-refractivity contribution in [1.82, 2.24) is 4.90 Å². The second kappa shape index (κ2) is 7.78. The number of esters is 1. The molecule has 0 atom stereocenters. The summed E-state index contributed by atoms with van der Waals surface area (Å²) in [6.45, 7) is 3.02. The van der Waals surface area contributed by atoms with E-state index in [1.165, 1.54) is 33.5 Å². The molecular weight excluding hydrogens is 268 g/mol. The van der Waals surface area contributed by atoms with Gasteiger partial charge in [0.15, 0.2) is 5.71 Å². The molecule has 0 saturated carbocycles. The molecule has 114 valence electrons. The van der Waals surface area contributed by atoms with Crippen LogP contribution in [0.2, 0.25) is 0 Å². The Bertz CT molecular complexity index is 508. The van der Waals surface area contributed by atoms with Crippen LogP contribution in [0.4, 0.5) is 0 Å². The van der Waals surface area contributed by atoms with Crippen molar-refractivity contribution in [3.05, 3.63) is 35.4 Å². The summed E-state index contributed by atoms with van der Waals surface area (Å²) in [5.74, 6) is -0.483. The van der Waals surface area contributed by atoms with Crippen LogP contribution in [-0.4, -0.2) is 43.9 Å². The molecule has 5 nitrogen and oxygen atoms in total. The molecule has 0 unspecified atom stereocenters. The van der Waals surface area contributed by atoms with E-state index in [-0.39, 0.29) is 5.71 Å². The second-order valence-corrected chi connectivity index (χ2v) is 5.11. The zero-order valence-electron chi connectivity index (χ0n) is 12.7. The third kappa shape index (κ3) is 4.04. The molecule has 5 heteroatoms. The lowest BCUT2D eigenvalue weighted by molar-refractivity contribution is -0.132. The first-order valence-corrected chi connectivity index (χ1v) is 7.26. The summed E-state index contributed by atoms with van der Waals surface area (Å²) < 4.78 is 4.80. The van der Waals surface area contributed by atoms with Gasteiger partial charge in [0.05, 0.1) is 7.11 Å². The molecule has 0 radical (unpaired) electrons. The van der Waals surface area contributed by atoms with Gasteiger partial charge in [-0.25, -0.2) is 4.79 Å². The van der Waals surface area contributed by atoms with Gasteiger partial charge in [-0.2, -0.15) is 0 Å². The molecule has 1 aromatic carbocycles. The lowest BCUT2D eigenvalue weighted by Crippen LogP contribution is -2.30. The molecule has 0 spiro atoms. The first-order valence-electron chi connectivity index (χ1n) is 7.26. The fourth-order valence-corrected chi connectivity index (χ4v) is 2.63. The maximum atomic E-state index is 11.9. The molecule has 2 rings (SSSR count). The van der Waals surface area contributed by atoms with Crippen LogP contribution in [-0.2, 0) is 20.9 Å². The van der Waals surface area contributed by atoms with Crippen LogP contribution in [0.3, 0.4) is 0 Å². The van der Waals surface area contributed by atoms with E-state index in [1.807, 2.05) is 24.3 Å². The highest BCUT2D eigenvalue weighted by Crippen LogP contribution is 2.17. The van der Waals surface area contributed by atoms with Crippen molar-refractivity contribution < 1.29 is 14.4 Å². The van der Waals surface area contributed by atoms with Crippen molar-refractivity contribution in [1.29, 1.82) is 0 Å². The molecule has 0 aliphatic carbocycles. The fraction of sp³-hybridized carbons (Fsp3) is 0.500. The van der Waals surface area contributed by atoms with E-state index >= 15 is 0 Å². The number of methoxy groups -OCH3 is 1. The number of carbonyl (C=O) groups excluding carboxylic acids is 1. The smallest absolute Gasteiger partial charge is 0.360 e. The van der Waals surface area contributed by atoms with Crippen LogP contribution >= 0.6 is 0 Å². The van der Waals surface area contributed by atoms with Crippen molar-refractivity contribution in [3.63, 3.8) is 0 Å². The number of rotatable bonds is 5. The zero-order chi connectivity index (χ0) is 15.1. The summed E-state index contributed by atoms with van der Waals surface area (Å²) in [7, 11) is 2.77. The number of oxime groups is 1. The highest BCUT2D eigenvalue weighted by atomic mass is 16.6. The molecule has 1 fully saturated rings. The van der Waals surface area contributed by atoms with Gasteiger partial charge in [-0.15, -0.1) is 0 Å². The Hall–Kier alpha value is -1.88. The standard InChI is InChI=1S/C16H22N2O3/c1-20-16(19)15(17-21-2)14-9-5-4-8-13(14)12-18-10-6-3-7-11-18/h4-5,8-9H,3,6-7,10-12H2,1-2H3. The molecule has 1 aromatic rings. The Kier molecular flexibility index (Phi) is 5.75. The summed E-state index contributed by atoms with van der Waals surface area (Å²) in [5, 5.41) is 3.84. The number of hydrogen-bond donors (Lipinski definition) is 0. The minimum Gasteiger partial charge on any atom is -0.464 e. The first-order chi connectivity index (χ1) is 10.3. The van der Waals surface area contributed by atoms with Crippen LogP contribution in [0.5, 0.6) is 0 Å². The Morgan fingerprint density at radius 1 is 1.19 bits per heavy atom. The van der Waals surface area contributed by atoms with Gasteiger partial charge < -0.3 is 9.57 Å². The van der Waals surface area contributed by atoms with Crippen LogP contribution < -0.4 is 0 Å². The van der Waals surface area contributed by atoms with E-state index in [1.54, 1.807) is 0 Å². The average molecular weight is 290 g/mol. The number of carbonyl (C=O) groups is 1. The summed E-state index contributed by atoms with van der Waals surface area (Å²) in [5.41, 5.74) is 2.06. The number of ether oxygens (including phenoxy) is 1. The third-order valence-corrected chi connectivity index (χ3v) is 3.68. The van der Waals surface area contributed by atoms with E-state index in [0.29, 0.717) is 0 Å². The van der Waals surface area contributed by atoms with Gasteiger partial charge in [0.1, 0.15) is 7.11 Å². The van der Waals surface area contributed by atoms with E-state index < -0.39 is 5.97 Å². The van der Waals surface area contributed by atoms with Crippen molar-refractivity contribution >= 4 is 11.7 Å². The Morgan fingerprint density at radius 3 is 2.57 bits per heavy atom. The van der Waals surface area contributed by atoms with Crippen LogP contribution in [0.1, 0.15) is 30.4 Å². The van der Waals surface area contributed by atoms with Gasteiger partial charge in [0.2, 0.25) is 0 Å². The lowest BCUT2D eigenvalue weighted by Gasteiger charge is -2.27. The van der Waals surface area contributed by atoms with Crippen LogP contribution in [0.25, 0.3) is 0 Å². The van der Waals surface area contributed by atoms with Gasteiger partial charge in [-0.3, -0.25) is 4.90 Å². The van der Waals surface area contributed by atoms with Crippen molar-refractivity contribution in [2.45, 2.75) is 25.8 Å². The van der Waals surface area contributed by atoms with Gasteiger partial charge >= 0.3 is 5.97 Å². The molecule has 1 saturated heterocycles. The summed E-state index contributed by atoms with van der Waals surface area (Å²) in [6.07, 6.45) is 3.77. The second-order valence-electron chi connectivity index (χ2n) is 5.11. The van der Waals surface area contributed by atoms with Gasteiger partial charge in [0.25, 0.3) is 0 Å². The number of likely N-dealkylation sites (tertiary alicyclic amines) is 1. The number of hydrogen-bond acceptors (Lipinski definition) is 5. The summed E-state index contributed by atoms with van der Waals surface area (Å²) >= 11 is 0. The van der Waals surface area contributed by atoms with Gasteiger partial charge in [0, 0.05) is 12.1 Å². The predicted molar refractivity (Wildman–Crippen MR) is 81.1 cm³/mol. The minimum absolute atomic E-state index is 0.215. The third-order valence-electron chi connectivity index (χ3n) is 3.68. The number of nitrogens with zero attached hydrogens (tertiary/aromatic N) is 2. The lowest BCUT2D eigenvalue weighted by atomic mass is 10.0. The molecular formula is C16H22N2O3. The summed E-state index contributed by atoms with van der Waals surface area (Å²) in [4.78, 5) is 19.1. The number of benzene rings is 1. The molecule has 0 bridgehead atoms. The summed E-state index contributed by atoms with van der Waals surface area (Å²) in [6, 6.07) is 7.78. The van der Waals surface area contributed by atoms with E-state index in [4.69, 9.17) is 9.57 Å². The average Bonchev–Trinajstić information content (AvgIpc) is 2.54. The Balaban J connectivity index is 2.26. The highest BCUT2D eigenvalue weighted by molar-refractivity contribution is 6.43. The first kappa shape index (κ1) is 15.5. The SMILES string of the molecule is CON=C(C(=O)OC)c1ccccc1CN1CCCCC1. The molecule has 0 amide bonds. The van der Waals surface area contributed by atoms with Crippen LogP contribution in [0, 0.1) is 0 Å². The zero-order valence-corrected chi connectivity index (χ0v) is 12.7. The van der Waals surface area contributed by atoms with E-state index in [2.05, 4.69) is 10.1 Å². The highest BCUT2D eigenvalue weighted by Gasteiger charge is 2.20. The maximum absolute atomic E-state index is 11.9. The quantitative estimate of drug-likeness (QED) is 0.474. The van der Waals surface area contributed by atoms with Crippen molar-refractivity contribution in [3.8, 4) is 0 Å². The van der Waals surface area contributed by atoms with E-state index in [0.717, 1.165) is 30.8 Å². The Morgan fingerprint density at radius 2 is 1.90 bits per heavy atom. The molecule has 1 aliphatic rings. The van der Waals surface area contributed by atoms with Gasteiger partial charge in [-0.05, 0) is 31.5 Å². The normalized spacial score (nSPS) is 16.6. The monoisotopic (exact) mass is 290 g/mol. The van der Waals surface area contributed by atoms with Crippen LogP contribution in [0.15, 0.2) is 29.4 Å². The molecule has 0 N–H and O–H groups in total. The number of piperidine rings is 1. The topological polar surface area (TPSA) is 51.1 Å². The Labute approximate surface area is 125 Å². The maximum Gasteiger partial charge on any atom is 0.360 e. The largest absolute Gasteiger partial charge is 0.464 e. The molecule has 1 heterocycles. The predicted octanol–water partition coefficient (Wildman–Crippen LogP) is 2.20. The molecule has 0 aromatic heterocycles. The van der Waals surface area contributed by atoms with E-state index in [9.17, 15) is 4.79 Å². The molecule has 1 aliphatic heterocycles.